The fourth-order valence-corrected chi connectivity index (χ4v) is 0.960. The topological polar surface area (TPSA) is 20.2 Å². The summed E-state index contributed by atoms with van der Waals surface area (Å²) in [5, 5.41) is 9.14. The molecule has 1 aliphatic rings. The highest BCUT2D eigenvalue weighted by atomic mass is 16.3. The van der Waals surface area contributed by atoms with Crippen molar-refractivity contribution < 1.29 is 5.11 Å². The van der Waals surface area contributed by atoms with E-state index in [2.05, 4.69) is 5.92 Å². The van der Waals surface area contributed by atoms with Gasteiger partial charge in [-0.3, -0.25) is 0 Å². The van der Waals surface area contributed by atoms with Crippen LogP contribution in [0, 0.1) is 18.3 Å². The van der Waals surface area contributed by atoms with Gasteiger partial charge in [-0.05, 0) is 18.6 Å². The standard InChI is InChI=1S/C9H10O/c1-3-8-4-5-9(10)7(2)6-8/h1,4-5,7,10H,6H2,2H3. The number of aliphatic hydroxyl groups excluding tert-OH is 1. The van der Waals surface area contributed by atoms with Gasteiger partial charge in [-0.1, -0.05) is 12.8 Å². The molecule has 10 heavy (non-hydrogen) atoms. The van der Waals surface area contributed by atoms with Crippen molar-refractivity contribution in [3.8, 4) is 12.3 Å². The molecule has 0 aliphatic heterocycles. The van der Waals surface area contributed by atoms with Gasteiger partial charge in [0.25, 0.3) is 0 Å². The molecule has 1 rings (SSSR count). The molecular weight excluding hydrogens is 124 g/mol. The second kappa shape index (κ2) is 2.62. The average molecular weight is 134 g/mol. The van der Waals surface area contributed by atoms with Crippen LogP contribution in [0.15, 0.2) is 23.5 Å². The van der Waals surface area contributed by atoms with Crippen molar-refractivity contribution in [2.24, 2.45) is 5.92 Å². The molecule has 0 aromatic carbocycles. The van der Waals surface area contributed by atoms with E-state index in [0.717, 1.165) is 12.0 Å². The summed E-state index contributed by atoms with van der Waals surface area (Å²) in [5.41, 5.74) is 0.963. The Kier molecular flexibility index (Phi) is 1.82. The maximum Gasteiger partial charge on any atom is 0.0954 e. The zero-order chi connectivity index (χ0) is 7.56. The van der Waals surface area contributed by atoms with Crippen LogP contribution in [0.2, 0.25) is 0 Å². The summed E-state index contributed by atoms with van der Waals surface area (Å²) in [6.07, 6.45) is 9.43. The molecule has 0 amide bonds. The Labute approximate surface area is 61.1 Å². The van der Waals surface area contributed by atoms with Gasteiger partial charge in [0, 0.05) is 11.5 Å². The quantitative estimate of drug-likeness (QED) is 0.502. The van der Waals surface area contributed by atoms with Gasteiger partial charge in [-0.2, -0.15) is 0 Å². The van der Waals surface area contributed by atoms with Crippen molar-refractivity contribution in [2.45, 2.75) is 13.3 Å². The molecule has 1 unspecified atom stereocenters. The predicted octanol–water partition coefficient (Wildman–Crippen LogP) is 2.03. The van der Waals surface area contributed by atoms with Crippen LogP contribution >= 0.6 is 0 Å². The van der Waals surface area contributed by atoms with Crippen LogP contribution in [0.4, 0.5) is 0 Å². The van der Waals surface area contributed by atoms with Gasteiger partial charge in [0.15, 0.2) is 0 Å². The highest BCUT2D eigenvalue weighted by Gasteiger charge is 2.11. The van der Waals surface area contributed by atoms with E-state index in [1.54, 1.807) is 12.2 Å². The third-order valence-corrected chi connectivity index (χ3v) is 1.67. The van der Waals surface area contributed by atoms with Gasteiger partial charge in [0.2, 0.25) is 0 Å². The van der Waals surface area contributed by atoms with Crippen LogP contribution in [0.3, 0.4) is 0 Å². The van der Waals surface area contributed by atoms with E-state index < -0.39 is 0 Å². The fourth-order valence-electron chi connectivity index (χ4n) is 0.960. The lowest BCUT2D eigenvalue weighted by Gasteiger charge is -2.13. The first kappa shape index (κ1) is 6.95. The average Bonchev–Trinajstić information content (AvgIpc) is 1.95. The Morgan fingerprint density at radius 2 is 2.40 bits per heavy atom. The zero-order valence-corrected chi connectivity index (χ0v) is 5.96. The van der Waals surface area contributed by atoms with E-state index in [1.165, 1.54) is 0 Å². The molecule has 0 heterocycles. The summed E-state index contributed by atoms with van der Waals surface area (Å²) in [5.74, 6) is 3.18. The largest absolute Gasteiger partial charge is 0.512 e. The number of rotatable bonds is 0. The first-order chi connectivity index (χ1) is 4.74. The monoisotopic (exact) mass is 134 g/mol. The summed E-state index contributed by atoms with van der Waals surface area (Å²) in [6, 6.07) is 0. The highest BCUT2D eigenvalue weighted by molar-refractivity contribution is 5.34. The van der Waals surface area contributed by atoms with Crippen LogP contribution in [0.5, 0.6) is 0 Å². The Hall–Kier alpha value is -1.16. The SMILES string of the molecule is C#CC1=CC=C(O)C(C)C1. The Balaban J connectivity index is 2.81. The third-order valence-electron chi connectivity index (χ3n) is 1.67. The molecule has 1 heteroatoms. The number of allylic oxidation sites excluding steroid dienone is 4. The smallest absolute Gasteiger partial charge is 0.0954 e. The van der Waals surface area contributed by atoms with Crippen molar-refractivity contribution in [3.05, 3.63) is 23.5 Å². The molecule has 0 radical (unpaired) electrons. The van der Waals surface area contributed by atoms with Gasteiger partial charge in [0.1, 0.15) is 0 Å². The molecule has 0 aromatic heterocycles. The number of terminal acetylenes is 1. The maximum atomic E-state index is 9.14. The normalized spacial score (nSPS) is 24.6. The third kappa shape index (κ3) is 1.22. The molecule has 0 saturated heterocycles. The fraction of sp³-hybridized carbons (Fsp3) is 0.333. The summed E-state index contributed by atoms with van der Waals surface area (Å²) < 4.78 is 0. The van der Waals surface area contributed by atoms with Crippen LogP contribution in [0.25, 0.3) is 0 Å². The van der Waals surface area contributed by atoms with Gasteiger partial charge in [-0.25, -0.2) is 0 Å². The van der Waals surface area contributed by atoms with E-state index >= 15 is 0 Å². The van der Waals surface area contributed by atoms with Crippen molar-refractivity contribution in [2.75, 3.05) is 0 Å². The predicted molar refractivity (Wildman–Crippen MR) is 41.4 cm³/mol. The number of aliphatic hydroxyl groups is 1. The number of hydrogen-bond acceptors (Lipinski definition) is 1. The molecule has 0 bridgehead atoms. The van der Waals surface area contributed by atoms with Gasteiger partial charge in [-0.15, -0.1) is 6.42 Å². The van der Waals surface area contributed by atoms with Gasteiger partial charge >= 0.3 is 0 Å². The van der Waals surface area contributed by atoms with E-state index in [-0.39, 0.29) is 5.92 Å². The van der Waals surface area contributed by atoms with E-state index in [4.69, 9.17) is 11.5 Å². The first-order valence-electron chi connectivity index (χ1n) is 3.30. The molecular formula is C9H10O. The minimum absolute atomic E-state index is 0.191. The molecule has 1 aliphatic carbocycles. The second-order valence-corrected chi connectivity index (χ2v) is 2.53. The van der Waals surface area contributed by atoms with Crippen LogP contribution < -0.4 is 0 Å². The van der Waals surface area contributed by atoms with Gasteiger partial charge < -0.3 is 5.11 Å². The van der Waals surface area contributed by atoms with Crippen molar-refractivity contribution in [1.82, 2.24) is 0 Å². The number of hydrogen-bond donors (Lipinski definition) is 1. The molecule has 1 N–H and O–H groups in total. The van der Waals surface area contributed by atoms with E-state index in [0.29, 0.717) is 5.76 Å². The molecule has 0 fully saturated rings. The Morgan fingerprint density at radius 3 is 2.90 bits per heavy atom. The lowest BCUT2D eigenvalue weighted by atomic mass is 9.95. The molecule has 0 aromatic rings. The van der Waals surface area contributed by atoms with E-state index in [9.17, 15) is 0 Å². The Morgan fingerprint density at radius 1 is 1.70 bits per heavy atom. The Bertz CT molecular complexity index is 228. The second-order valence-electron chi connectivity index (χ2n) is 2.53. The van der Waals surface area contributed by atoms with Crippen molar-refractivity contribution in [3.63, 3.8) is 0 Å². The summed E-state index contributed by atoms with van der Waals surface area (Å²) in [6.45, 7) is 1.95. The van der Waals surface area contributed by atoms with Crippen molar-refractivity contribution in [1.29, 1.82) is 0 Å². The maximum absolute atomic E-state index is 9.14. The van der Waals surface area contributed by atoms with Gasteiger partial charge in [0.05, 0.1) is 5.76 Å². The summed E-state index contributed by atoms with van der Waals surface area (Å²) >= 11 is 0. The van der Waals surface area contributed by atoms with Crippen LogP contribution in [0.1, 0.15) is 13.3 Å². The molecule has 0 spiro atoms. The zero-order valence-electron chi connectivity index (χ0n) is 5.96. The minimum Gasteiger partial charge on any atom is -0.512 e. The molecule has 52 valence electrons. The summed E-state index contributed by atoms with van der Waals surface area (Å²) in [4.78, 5) is 0. The molecule has 1 atom stereocenters. The van der Waals surface area contributed by atoms with Crippen LogP contribution in [-0.2, 0) is 0 Å². The lowest BCUT2D eigenvalue weighted by Crippen LogP contribution is -2.03. The minimum atomic E-state index is 0.191. The summed E-state index contributed by atoms with van der Waals surface area (Å²) in [7, 11) is 0. The van der Waals surface area contributed by atoms with Crippen LogP contribution in [-0.4, -0.2) is 5.11 Å². The van der Waals surface area contributed by atoms with Crippen molar-refractivity contribution >= 4 is 0 Å². The lowest BCUT2D eigenvalue weighted by molar-refractivity contribution is 0.337. The van der Waals surface area contributed by atoms with E-state index in [1.807, 2.05) is 6.92 Å². The highest BCUT2D eigenvalue weighted by Crippen LogP contribution is 2.21. The first-order valence-corrected chi connectivity index (χ1v) is 3.30. The molecule has 1 nitrogen and oxygen atoms in total. The molecule has 0 saturated carbocycles.